The van der Waals surface area contributed by atoms with E-state index in [2.05, 4.69) is 5.32 Å². The SMILES string of the molecule is CCOc1cccc(C(=O)C2(C)CCNC2)c1. The zero-order valence-electron chi connectivity index (χ0n) is 10.5. The van der Waals surface area contributed by atoms with Crippen LogP contribution in [-0.4, -0.2) is 25.5 Å². The lowest BCUT2D eigenvalue weighted by Crippen LogP contribution is -2.30. The molecule has 2 rings (SSSR count). The minimum absolute atomic E-state index is 0.212. The van der Waals surface area contributed by atoms with Gasteiger partial charge in [0, 0.05) is 17.5 Å². The molecule has 0 aromatic heterocycles. The third-order valence-electron chi connectivity index (χ3n) is 3.32. The molecule has 1 aliphatic rings. The van der Waals surface area contributed by atoms with Gasteiger partial charge in [0.25, 0.3) is 0 Å². The van der Waals surface area contributed by atoms with E-state index in [1.807, 2.05) is 38.1 Å². The Hall–Kier alpha value is -1.35. The van der Waals surface area contributed by atoms with Crippen LogP contribution in [0.25, 0.3) is 0 Å². The Kier molecular flexibility index (Phi) is 3.48. The third-order valence-corrected chi connectivity index (χ3v) is 3.32. The van der Waals surface area contributed by atoms with E-state index in [-0.39, 0.29) is 11.2 Å². The van der Waals surface area contributed by atoms with Gasteiger partial charge in [-0.25, -0.2) is 0 Å². The number of benzene rings is 1. The molecule has 1 heterocycles. The zero-order valence-corrected chi connectivity index (χ0v) is 10.5. The fourth-order valence-electron chi connectivity index (χ4n) is 2.25. The van der Waals surface area contributed by atoms with E-state index in [0.717, 1.165) is 30.8 Å². The summed E-state index contributed by atoms with van der Waals surface area (Å²) in [6.07, 6.45) is 0.907. The summed E-state index contributed by atoms with van der Waals surface area (Å²) in [6, 6.07) is 7.48. The topological polar surface area (TPSA) is 38.3 Å². The van der Waals surface area contributed by atoms with Crippen molar-refractivity contribution in [1.29, 1.82) is 0 Å². The lowest BCUT2D eigenvalue weighted by atomic mass is 9.81. The number of ether oxygens (including phenoxy) is 1. The lowest BCUT2D eigenvalue weighted by molar-refractivity contribution is 0.0839. The molecule has 0 bridgehead atoms. The number of carbonyl (C=O) groups excluding carboxylic acids is 1. The fourth-order valence-corrected chi connectivity index (χ4v) is 2.25. The zero-order chi connectivity index (χ0) is 12.3. The molecule has 0 aliphatic carbocycles. The molecular formula is C14H19NO2. The smallest absolute Gasteiger partial charge is 0.170 e. The van der Waals surface area contributed by atoms with Gasteiger partial charge in [0.2, 0.25) is 0 Å². The average Bonchev–Trinajstić information content (AvgIpc) is 2.77. The first-order valence-electron chi connectivity index (χ1n) is 6.14. The second kappa shape index (κ2) is 4.88. The van der Waals surface area contributed by atoms with Gasteiger partial charge >= 0.3 is 0 Å². The Morgan fingerprint density at radius 1 is 1.53 bits per heavy atom. The Labute approximate surface area is 102 Å². The van der Waals surface area contributed by atoms with E-state index < -0.39 is 0 Å². The molecule has 3 nitrogen and oxygen atoms in total. The van der Waals surface area contributed by atoms with Crippen LogP contribution in [0.2, 0.25) is 0 Å². The fraction of sp³-hybridized carbons (Fsp3) is 0.500. The highest BCUT2D eigenvalue weighted by Crippen LogP contribution is 2.30. The number of hydrogen-bond acceptors (Lipinski definition) is 3. The number of rotatable bonds is 4. The predicted octanol–water partition coefficient (Wildman–Crippen LogP) is 2.27. The monoisotopic (exact) mass is 233 g/mol. The molecule has 1 saturated heterocycles. The molecule has 1 aliphatic heterocycles. The molecule has 0 saturated carbocycles. The van der Waals surface area contributed by atoms with Crippen molar-refractivity contribution in [1.82, 2.24) is 5.32 Å². The molecule has 92 valence electrons. The van der Waals surface area contributed by atoms with Crippen LogP contribution in [0.3, 0.4) is 0 Å². The normalized spacial score (nSPS) is 23.6. The van der Waals surface area contributed by atoms with Crippen molar-refractivity contribution in [3.05, 3.63) is 29.8 Å². The van der Waals surface area contributed by atoms with E-state index in [1.54, 1.807) is 0 Å². The Morgan fingerprint density at radius 3 is 3.00 bits per heavy atom. The quantitative estimate of drug-likeness (QED) is 0.811. The number of hydrogen-bond donors (Lipinski definition) is 1. The van der Waals surface area contributed by atoms with E-state index in [1.165, 1.54) is 0 Å². The van der Waals surface area contributed by atoms with Crippen molar-refractivity contribution in [3.8, 4) is 5.75 Å². The maximum absolute atomic E-state index is 12.4. The molecule has 1 aromatic carbocycles. The van der Waals surface area contributed by atoms with Crippen molar-refractivity contribution in [2.24, 2.45) is 5.41 Å². The van der Waals surface area contributed by atoms with Crippen LogP contribution < -0.4 is 10.1 Å². The van der Waals surface area contributed by atoms with Crippen LogP contribution in [0.1, 0.15) is 30.6 Å². The maximum Gasteiger partial charge on any atom is 0.170 e. The highest BCUT2D eigenvalue weighted by Gasteiger charge is 2.36. The molecule has 0 spiro atoms. The average molecular weight is 233 g/mol. The molecule has 3 heteroatoms. The van der Waals surface area contributed by atoms with E-state index in [4.69, 9.17) is 4.74 Å². The summed E-state index contributed by atoms with van der Waals surface area (Å²) in [7, 11) is 0. The van der Waals surface area contributed by atoms with Crippen LogP contribution in [0, 0.1) is 5.41 Å². The summed E-state index contributed by atoms with van der Waals surface area (Å²) < 4.78 is 5.42. The molecule has 1 unspecified atom stereocenters. The summed E-state index contributed by atoms with van der Waals surface area (Å²) >= 11 is 0. The van der Waals surface area contributed by atoms with Gasteiger partial charge in [-0.1, -0.05) is 19.1 Å². The first kappa shape index (κ1) is 12.1. The molecule has 0 radical (unpaired) electrons. The maximum atomic E-state index is 12.4. The van der Waals surface area contributed by atoms with Crippen molar-refractivity contribution in [3.63, 3.8) is 0 Å². The molecule has 1 fully saturated rings. The van der Waals surface area contributed by atoms with Crippen molar-refractivity contribution >= 4 is 5.78 Å². The first-order valence-corrected chi connectivity index (χ1v) is 6.14. The lowest BCUT2D eigenvalue weighted by Gasteiger charge is -2.21. The predicted molar refractivity (Wildman–Crippen MR) is 67.5 cm³/mol. The van der Waals surface area contributed by atoms with Gasteiger partial charge in [0.1, 0.15) is 5.75 Å². The summed E-state index contributed by atoms with van der Waals surface area (Å²) in [5.41, 5.74) is 0.493. The van der Waals surface area contributed by atoms with Crippen LogP contribution in [0.5, 0.6) is 5.75 Å². The second-order valence-electron chi connectivity index (χ2n) is 4.78. The minimum atomic E-state index is -0.259. The summed E-state index contributed by atoms with van der Waals surface area (Å²) in [6.45, 7) is 6.29. The molecule has 1 atom stereocenters. The van der Waals surface area contributed by atoms with Gasteiger partial charge in [-0.2, -0.15) is 0 Å². The van der Waals surface area contributed by atoms with Crippen LogP contribution >= 0.6 is 0 Å². The van der Waals surface area contributed by atoms with Crippen molar-refractivity contribution in [2.75, 3.05) is 19.7 Å². The standard InChI is InChI=1S/C14H19NO2/c1-3-17-12-6-4-5-11(9-12)13(16)14(2)7-8-15-10-14/h4-6,9,15H,3,7-8,10H2,1-2H3. The van der Waals surface area contributed by atoms with E-state index in [9.17, 15) is 4.79 Å². The molecular weight excluding hydrogens is 214 g/mol. The molecule has 17 heavy (non-hydrogen) atoms. The second-order valence-corrected chi connectivity index (χ2v) is 4.78. The van der Waals surface area contributed by atoms with E-state index in [0.29, 0.717) is 6.61 Å². The van der Waals surface area contributed by atoms with Crippen LogP contribution in [-0.2, 0) is 0 Å². The van der Waals surface area contributed by atoms with Gasteiger partial charge in [0.05, 0.1) is 6.61 Å². The number of ketones is 1. The number of carbonyl (C=O) groups is 1. The van der Waals surface area contributed by atoms with E-state index >= 15 is 0 Å². The summed E-state index contributed by atoms with van der Waals surface area (Å²) in [4.78, 5) is 12.4. The van der Waals surface area contributed by atoms with Crippen LogP contribution in [0.4, 0.5) is 0 Å². The Morgan fingerprint density at radius 2 is 2.35 bits per heavy atom. The van der Waals surface area contributed by atoms with Gasteiger partial charge in [0.15, 0.2) is 5.78 Å². The van der Waals surface area contributed by atoms with Gasteiger partial charge in [-0.05, 0) is 32.0 Å². The first-order chi connectivity index (χ1) is 8.15. The van der Waals surface area contributed by atoms with Gasteiger partial charge < -0.3 is 10.1 Å². The number of nitrogens with one attached hydrogen (secondary N) is 1. The largest absolute Gasteiger partial charge is 0.494 e. The number of Topliss-reactive ketones (excluding diaryl/α,β-unsaturated/α-hetero) is 1. The van der Waals surface area contributed by atoms with Crippen LogP contribution in [0.15, 0.2) is 24.3 Å². The van der Waals surface area contributed by atoms with Gasteiger partial charge in [-0.3, -0.25) is 4.79 Å². The third kappa shape index (κ3) is 2.50. The Balaban J connectivity index is 2.21. The van der Waals surface area contributed by atoms with Crippen molar-refractivity contribution < 1.29 is 9.53 Å². The van der Waals surface area contributed by atoms with Gasteiger partial charge in [-0.15, -0.1) is 0 Å². The highest BCUT2D eigenvalue weighted by molar-refractivity contribution is 6.01. The summed E-state index contributed by atoms with van der Waals surface area (Å²) in [5, 5.41) is 3.25. The molecule has 1 aromatic rings. The molecule has 0 amide bonds. The molecule has 1 N–H and O–H groups in total. The Bertz CT molecular complexity index is 408. The highest BCUT2D eigenvalue weighted by atomic mass is 16.5. The minimum Gasteiger partial charge on any atom is -0.494 e. The van der Waals surface area contributed by atoms with Crippen molar-refractivity contribution in [2.45, 2.75) is 20.3 Å². The summed E-state index contributed by atoms with van der Waals surface area (Å²) in [5.74, 6) is 0.983.